The fraction of sp³-hybridized carbons (Fsp3) is 0.600. The number of rotatable bonds is 3. The van der Waals surface area contributed by atoms with Gasteiger partial charge in [-0.1, -0.05) is 24.3 Å². The highest BCUT2D eigenvalue weighted by Crippen LogP contribution is 2.23. The number of hydrogen-bond donors (Lipinski definition) is 2. The molecular formula is C15H23N3O2S. The van der Waals surface area contributed by atoms with Crippen LogP contribution in [0.3, 0.4) is 0 Å². The first-order chi connectivity index (χ1) is 9.99. The molecule has 0 saturated carbocycles. The maximum absolute atomic E-state index is 12.7. The van der Waals surface area contributed by atoms with E-state index in [1.54, 1.807) is 4.31 Å². The molecular weight excluding hydrogens is 286 g/mol. The van der Waals surface area contributed by atoms with Gasteiger partial charge in [0, 0.05) is 18.6 Å². The fourth-order valence-corrected chi connectivity index (χ4v) is 4.73. The molecule has 116 valence electrons. The van der Waals surface area contributed by atoms with Crippen LogP contribution in [0.4, 0.5) is 0 Å². The van der Waals surface area contributed by atoms with Gasteiger partial charge < -0.3 is 5.32 Å². The van der Waals surface area contributed by atoms with Crippen molar-refractivity contribution in [3.8, 4) is 0 Å². The van der Waals surface area contributed by atoms with Gasteiger partial charge in [0.25, 0.3) is 10.2 Å². The van der Waals surface area contributed by atoms with Crippen LogP contribution in [-0.2, 0) is 23.2 Å². The van der Waals surface area contributed by atoms with Crippen LogP contribution in [0.15, 0.2) is 24.3 Å². The van der Waals surface area contributed by atoms with Crippen molar-refractivity contribution in [3.63, 3.8) is 0 Å². The lowest BCUT2D eigenvalue weighted by Gasteiger charge is -2.37. The monoisotopic (exact) mass is 309 g/mol. The maximum Gasteiger partial charge on any atom is 0.280 e. The Hall–Kier alpha value is -0.950. The van der Waals surface area contributed by atoms with Crippen molar-refractivity contribution in [3.05, 3.63) is 35.4 Å². The first kappa shape index (κ1) is 15.0. The molecule has 21 heavy (non-hydrogen) atoms. The van der Waals surface area contributed by atoms with E-state index >= 15 is 0 Å². The molecule has 0 radical (unpaired) electrons. The van der Waals surface area contributed by atoms with E-state index < -0.39 is 10.2 Å². The van der Waals surface area contributed by atoms with Gasteiger partial charge in [0.05, 0.1) is 0 Å². The van der Waals surface area contributed by atoms with Gasteiger partial charge in [-0.2, -0.15) is 17.4 Å². The summed E-state index contributed by atoms with van der Waals surface area (Å²) in [6.45, 7) is 4.76. The van der Waals surface area contributed by atoms with E-state index in [0.717, 1.165) is 37.9 Å². The summed E-state index contributed by atoms with van der Waals surface area (Å²) in [6.07, 6.45) is 2.45. The summed E-state index contributed by atoms with van der Waals surface area (Å²) in [5.41, 5.74) is 2.04. The van der Waals surface area contributed by atoms with Gasteiger partial charge >= 0.3 is 0 Å². The van der Waals surface area contributed by atoms with Crippen molar-refractivity contribution in [1.82, 2.24) is 14.3 Å². The van der Waals surface area contributed by atoms with E-state index in [1.165, 1.54) is 5.56 Å². The van der Waals surface area contributed by atoms with Gasteiger partial charge in [-0.05, 0) is 50.4 Å². The third-order valence-electron chi connectivity index (χ3n) is 4.52. The zero-order chi connectivity index (χ0) is 14.9. The normalized spacial score (nSPS) is 22.7. The maximum atomic E-state index is 12.7. The van der Waals surface area contributed by atoms with Gasteiger partial charge in [-0.3, -0.25) is 0 Å². The number of nitrogens with one attached hydrogen (secondary N) is 2. The van der Waals surface area contributed by atoms with Crippen molar-refractivity contribution in [2.24, 2.45) is 0 Å². The summed E-state index contributed by atoms with van der Waals surface area (Å²) in [5.74, 6) is 0. The molecule has 3 rings (SSSR count). The van der Waals surface area contributed by atoms with Crippen LogP contribution >= 0.6 is 0 Å². The molecule has 0 bridgehead atoms. The van der Waals surface area contributed by atoms with Gasteiger partial charge in [0.1, 0.15) is 0 Å². The van der Waals surface area contributed by atoms with Crippen LogP contribution in [-0.4, -0.2) is 37.9 Å². The highest BCUT2D eigenvalue weighted by atomic mass is 32.2. The zero-order valence-corrected chi connectivity index (χ0v) is 13.2. The number of benzene rings is 1. The minimum atomic E-state index is -3.43. The first-order valence-corrected chi connectivity index (χ1v) is 8.99. The van der Waals surface area contributed by atoms with Gasteiger partial charge in [-0.25, -0.2) is 0 Å². The number of piperidine rings is 1. The molecule has 5 nitrogen and oxygen atoms in total. The van der Waals surface area contributed by atoms with E-state index in [0.29, 0.717) is 13.1 Å². The number of fused-ring (bicyclic) bond motifs is 1. The van der Waals surface area contributed by atoms with Crippen molar-refractivity contribution < 1.29 is 8.42 Å². The van der Waals surface area contributed by atoms with Gasteiger partial charge in [0.15, 0.2) is 0 Å². The third kappa shape index (κ3) is 3.29. The summed E-state index contributed by atoms with van der Waals surface area (Å²) in [4.78, 5) is 0. The van der Waals surface area contributed by atoms with Crippen LogP contribution in [0, 0.1) is 0 Å². The van der Waals surface area contributed by atoms with Gasteiger partial charge in [0.2, 0.25) is 0 Å². The average Bonchev–Trinajstić information content (AvgIpc) is 2.46. The molecule has 1 fully saturated rings. The minimum Gasteiger partial charge on any atom is -0.317 e. The smallest absolute Gasteiger partial charge is 0.280 e. The van der Waals surface area contributed by atoms with E-state index in [9.17, 15) is 8.42 Å². The molecule has 6 heteroatoms. The Morgan fingerprint density at radius 3 is 2.57 bits per heavy atom. The zero-order valence-electron chi connectivity index (χ0n) is 12.4. The van der Waals surface area contributed by atoms with E-state index in [-0.39, 0.29) is 5.54 Å². The molecule has 0 aromatic heterocycles. The van der Waals surface area contributed by atoms with Crippen molar-refractivity contribution in [1.29, 1.82) is 0 Å². The quantitative estimate of drug-likeness (QED) is 0.876. The lowest BCUT2D eigenvalue weighted by molar-refractivity contribution is 0.292. The molecule has 0 atom stereocenters. The molecule has 2 aliphatic heterocycles. The van der Waals surface area contributed by atoms with Crippen LogP contribution in [0.2, 0.25) is 0 Å². The molecule has 2 heterocycles. The van der Waals surface area contributed by atoms with Crippen LogP contribution in [0.25, 0.3) is 0 Å². The lowest BCUT2D eigenvalue weighted by Crippen LogP contribution is -2.56. The molecule has 0 unspecified atom stereocenters. The van der Waals surface area contributed by atoms with E-state index in [1.807, 2.05) is 25.1 Å². The standard InChI is InChI=1S/C15H23N3O2S/c1-15(7-9-16-10-8-15)17-21(19,20)18-11-6-13-4-2-3-5-14(13)12-18/h2-5,16-17H,6-12H2,1H3. The minimum absolute atomic E-state index is 0.332. The second-order valence-electron chi connectivity index (χ2n) is 6.27. The second kappa shape index (κ2) is 5.68. The van der Waals surface area contributed by atoms with Crippen molar-refractivity contribution >= 4 is 10.2 Å². The summed E-state index contributed by atoms with van der Waals surface area (Å²) in [6, 6.07) is 8.08. The first-order valence-electron chi connectivity index (χ1n) is 7.55. The Labute approximate surface area is 126 Å². The molecule has 1 saturated heterocycles. The number of hydrogen-bond acceptors (Lipinski definition) is 3. The SMILES string of the molecule is CC1(NS(=O)(=O)N2CCc3ccccc3C2)CCNCC1. The Balaban J connectivity index is 1.74. The highest BCUT2D eigenvalue weighted by Gasteiger charge is 2.35. The Morgan fingerprint density at radius 2 is 1.86 bits per heavy atom. The average molecular weight is 309 g/mol. The fourth-order valence-electron chi connectivity index (χ4n) is 3.13. The Bertz CT molecular complexity index is 609. The van der Waals surface area contributed by atoms with Crippen LogP contribution < -0.4 is 10.0 Å². The van der Waals surface area contributed by atoms with Crippen molar-refractivity contribution in [2.75, 3.05) is 19.6 Å². The molecule has 0 aliphatic carbocycles. The van der Waals surface area contributed by atoms with Crippen molar-refractivity contribution in [2.45, 2.75) is 38.3 Å². The molecule has 2 aliphatic rings. The molecule has 2 N–H and O–H groups in total. The summed E-state index contributed by atoms with van der Waals surface area (Å²) < 4.78 is 29.8. The van der Waals surface area contributed by atoms with E-state index in [2.05, 4.69) is 16.1 Å². The second-order valence-corrected chi connectivity index (χ2v) is 7.94. The predicted molar refractivity (Wildman–Crippen MR) is 83.1 cm³/mol. The molecule has 0 amide bonds. The topological polar surface area (TPSA) is 61.4 Å². The predicted octanol–water partition coefficient (Wildman–Crippen LogP) is 1.02. The highest BCUT2D eigenvalue weighted by molar-refractivity contribution is 7.87. The van der Waals surface area contributed by atoms with Crippen LogP contribution in [0.1, 0.15) is 30.9 Å². The largest absolute Gasteiger partial charge is 0.317 e. The van der Waals surface area contributed by atoms with E-state index in [4.69, 9.17) is 0 Å². The molecule has 1 aromatic rings. The van der Waals surface area contributed by atoms with Gasteiger partial charge in [-0.15, -0.1) is 0 Å². The van der Waals surface area contributed by atoms with Crippen LogP contribution in [0.5, 0.6) is 0 Å². The Morgan fingerprint density at radius 1 is 1.19 bits per heavy atom. The molecule has 1 aromatic carbocycles. The third-order valence-corrected chi connectivity index (χ3v) is 6.26. The Kier molecular flexibility index (Phi) is 4.05. The lowest BCUT2D eigenvalue weighted by atomic mass is 9.92. The number of nitrogens with zero attached hydrogens (tertiary/aromatic N) is 1. The summed E-state index contributed by atoms with van der Waals surface area (Å²) >= 11 is 0. The summed E-state index contributed by atoms with van der Waals surface area (Å²) in [7, 11) is -3.43. The molecule has 0 spiro atoms. The summed E-state index contributed by atoms with van der Waals surface area (Å²) in [5, 5.41) is 3.27.